The highest BCUT2D eigenvalue weighted by Gasteiger charge is 2.11. The number of pyridine rings is 1. The maximum atomic E-state index is 13.3. The van der Waals surface area contributed by atoms with Crippen LogP contribution in [0.3, 0.4) is 0 Å². The summed E-state index contributed by atoms with van der Waals surface area (Å²) >= 11 is 5.65. The second-order valence-corrected chi connectivity index (χ2v) is 3.22. The van der Waals surface area contributed by atoms with Crippen molar-refractivity contribution in [2.24, 2.45) is 0 Å². The van der Waals surface area contributed by atoms with E-state index in [0.717, 1.165) is 6.07 Å². The molecule has 0 saturated carbocycles. The first kappa shape index (κ1) is 9.81. The molecule has 0 unspecified atom stereocenters. The summed E-state index contributed by atoms with van der Waals surface area (Å²) in [6.45, 7) is 0. The fourth-order valence-corrected chi connectivity index (χ4v) is 1.43. The lowest BCUT2D eigenvalue weighted by Crippen LogP contribution is -1.91. The molecule has 0 amide bonds. The van der Waals surface area contributed by atoms with Crippen LogP contribution in [-0.2, 0) is 0 Å². The Morgan fingerprint density at radius 1 is 1.33 bits per heavy atom. The molecule has 0 aliphatic rings. The average molecular weight is 225 g/mol. The molecule has 74 valence electrons. The molecule has 0 saturated heterocycles. The maximum absolute atomic E-state index is 13.3. The predicted molar refractivity (Wildman–Crippen MR) is 51.4 cm³/mol. The van der Waals surface area contributed by atoms with E-state index in [-0.39, 0.29) is 21.6 Å². The summed E-state index contributed by atoms with van der Waals surface area (Å²) in [5.74, 6) is -2.00. The Labute approximate surface area is 88.7 Å². The van der Waals surface area contributed by atoms with E-state index in [2.05, 4.69) is 4.98 Å². The molecule has 5 heteroatoms. The van der Waals surface area contributed by atoms with Crippen LogP contribution in [0.4, 0.5) is 8.78 Å². The molecule has 15 heavy (non-hydrogen) atoms. The van der Waals surface area contributed by atoms with Gasteiger partial charge in [0.2, 0.25) is 0 Å². The zero-order valence-electron chi connectivity index (χ0n) is 7.26. The Balaban J connectivity index is 2.90. The van der Waals surface area contributed by atoms with Gasteiger partial charge in [-0.1, -0.05) is 11.6 Å². The Morgan fingerprint density at radius 3 is 2.73 bits per heavy atom. The van der Waals surface area contributed by atoms with Crippen LogP contribution in [0, 0.1) is 23.0 Å². The molecule has 1 heterocycles. The third kappa shape index (κ3) is 1.51. The molecule has 1 aromatic heterocycles. The van der Waals surface area contributed by atoms with Gasteiger partial charge in [0, 0.05) is 5.39 Å². The Morgan fingerprint density at radius 2 is 2.07 bits per heavy atom. The van der Waals surface area contributed by atoms with Crippen molar-refractivity contribution in [2.45, 2.75) is 0 Å². The lowest BCUT2D eigenvalue weighted by atomic mass is 10.1. The fraction of sp³-hybridized carbons (Fsp3) is 0. The largest absolute Gasteiger partial charge is 0.235 e. The number of rotatable bonds is 0. The van der Waals surface area contributed by atoms with Crippen LogP contribution in [-0.4, -0.2) is 4.98 Å². The highest BCUT2D eigenvalue weighted by molar-refractivity contribution is 6.31. The summed E-state index contributed by atoms with van der Waals surface area (Å²) in [5.41, 5.74) is 0.242. The molecule has 0 aliphatic carbocycles. The van der Waals surface area contributed by atoms with E-state index in [0.29, 0.717) is 0 Å². The van der Waals surface area contributed by atoms with Crippen LogP contribution in [0.5, 0.6) is 0 Å². The normalized spacial score (nSPS) is 10.3. The third-order valence-corrected chi connectivity index (χ3v) is 2.25. The minimum atomic E-state index is -1.02. The smallest absolute Gasteiger partial charge is 0.168 e. The van der Waals surface area contributed by atoms with Crippen molar-refractivity contribution in [3.05, 3.63) is 40.6 Å². The van der Waals surface area contributed by atoms with E-state index < -0.39 is 11.6 Å². The average Bonchev–Trinajstić information content (AvgIpc) is 2.23. The van der Waals surface area contributed by atoms with Gasteiger partial charge in [-0.05, 0) is 18.2 Å². The summed E-state index contributed by atoms with van der Waals surface area (Å²) in [4.78, 5) is 3.78. The molecule has 1 aromatic carbocycles. The van der Waals surface area contributed by atoms with Crippen LogP contribution >= 0.6 is 11.6 Å². The van der Waals surface area contributed by atoms with Crippen LogP contribution in [0.2, 0.25) is 5.15 Å². The van der Waals surface area contributed by atoms with Crippen molar-refractivity contribution in [3.63, 3.8) is 0 Å². The molecule has 0 atom stereocenters. The third-order valence-electron chi connectivity index (χ3n) is 1.96. The number of aromatic nitrogens is 1. The summed E-state index contributed by atoms with van der Waals surface area (Å²) in [6.07, 6.45) is 0. The summed E-state index contributed by atoms with van der Waals surface area (Å²) in [5, 5.41) is 8.58. The molecular formula is C10H3ClF2N2. The second-order valence-electron chi connectivity index (χ2n) is 2.87. The van der Waals surface area contributed by atoms with E-state index >= 15 is 0 Å². The van der Waals surface area contributed by atoms with Crippen molar-refractivity contribution in [2.75, 3.05) is 0 Å². The summed E-state index contributed by atoms with van der Waals surface area (Å²) in [6, 6.07) is 5.21. The number of benzene rings is 1. The van der Waals surface area contributed by atoms with E-state index in [1.54, 1.807) is 6.07 Å². The number of nitriles is 1. The van der Waals surface area contributed by atoms with Crippen molar-refractivity contribution >= 4 is 22.5 Å². The predicted octanol–water partition coefficient (Wildman–Crippen LogP) is 3.04. The number of nitrogens with zero attached hydrogens (tertiary/aromatic N) is 2. The van der Waals surface area contributed by atoms with Gasteiger partial charge in [0.1, 0.15) is 11.2 Å². The zero-order chi connectivity index (χ0) is 11.0. The van der Waals surface area contributed by atoms with Crippen LogP contribution in [0.25, 0.3) is 10.9 Å². The van der Waals surface area contributed by atoms with Crippen molar-refractivity contribution in [1.82, 2.24) is 4.98 Å². The summed E-state index contributed by atoms with van der Waals surface area (Å²) < 4.78 is 26.1. The Kier molecular flexibility index (Phi) is 2.25. The molecule has 0 N–H and O–H groups in total. The zero-order valence-corrected chi connectivity index (χ0v) is 8.02. The summed E-state index contributed by atoms with van der Waals surface area (Å²) in [7, 11) is 0. The SMILES string of the molecule is N#Cc1cc2c(F)c(F)ccc2nc1Cl. The van der Waals surface area contributed by atoms with Crippen LogP contribution < -0.4 is 0 Å². The molecule has 0 aliphatic heterocycles. The van der Waals surface area contributed by atoms with Crippen molar-refractivity contribution in [1.29, 1.82) is 5.26 Å². The van der Waals surface area contributed by atoms with Gasteiger partial charge in [0.15, 0.2) is 11.6 Å². The molecular weight excluding hydrogens is 222 g/mol. The lowest BCUT2D eigenvalue weighted by molar-refractivity contribution is 0.517. The number of hydrogen-bond donors (Lipinski definition) is 0. The van der Waals surface area contributed by atoms with Gasteiger partial charge in [0.05, 0.1) is 11.1 Å². The molecule has 2 aromatic rings. The highest BCUT2D eigenvalue weighted by Crippen LogP contribution is 2.23. The Hall–Kier alpha value is -1.73. The van der Waals surface area contributed by atoms with Crippen molar-refractivity contribution < 1.29 is 8.78 Å². The molecule has 0 bridgehead atoms. The standard InChI is InChI=1S/C10H3ClF2N2/c11-10-5(4-14)3-6-8(15-10)2-1-7(12)9(6)13/h1-3H. The molecule has 0 radical (unpaired) electrons. The molecule has 0 fully saturated rings. The van der Waals surface area contributed by atoms with Gasteiger partial charge in [-0.15, -0.1) is 0 Å². The van der Waals surface area contributed by atoms with Gasteiger partial charge in [0.25, 0.3) is 0 Å². The highest BCUT2D eigenvalue weighted by atomic mass is 35.5. The van der Waals surface area contributed by atoms with Gasteiger partial charge in [-0.3, -0.25) is 0 Å². The quantitative estimate of drug-likeness (QED) is 0.645. The van der Waals surface area contributed by atoms with E-state index in [4.69, 9.17) is 16.9 Å². The fourth-order valence-electron chi connectivity index (χ4n) is 1.24. The first-order valence-corrected chi connectivity index (χ1v) is 4.35. The van der Waals surface area contributed by atoms with Gasteiger partial charge < -0.3 is 0 Å². The molecule has 2 rings (SSSR count). The number of hydrogen-bond acceptors (Lipinski definition) is 2. The minimum absolute atomic E-state index is 0.0176. The van der Waals surface area contributed by atoms with Gasteiger partial charge in [-0.25, -0.2) is 13.8 Å². The topological polar surface area (TPSA) is 36.7 Å². The van der Waals surface area contributed by atoms with E-state index in [1.807, 2.05) is 0 Å². The monoisotopic (exact) mass is 224 g/mol. The lowest BCUT2D eigenvalue weighted by Gasteiger charge is -2.01. The van der Waals surface area contributed by atoms with E-state index in [1.165, 1.54) is 12.1 Å². The molecule has 0 spiro atoms. The van der Waals surface area contributed by atoms with E-state index in [9.17, 15) is 8.78 Å². The Bertz CT molecular complexity index is 590. The number of halogens is 3. The van der Waals surface area contributed by atoms with Gasteiger partial charge in [-0.2, -0.15) is 5.26 Å². The van der Waals surface area contributed by atoms with Crippen LogP contribution in [0.15, 0.2) is 18.2 Å². The van der Waals surface area contributed by atoms with Crippen molar-refractivity contribution in [3.8, 4) is 6.07 Å². The first-order valence-electron chi connectivity index (χ1n) is 3.98. The number of fused-ring (bicyclic) bond motifs is 1. The first-order chi connectivity index (χ1) is 7.13. The minimum Gasteiger partial charge on any atom is -0.235 e. The van der Waals surface area contributed by atoms with Gasteiger partial charge >= 0.3 is 0 Å². The maximum Gasteiger partial charge on any atom is 0.168 e. The second kappa shape index (κ2) is 3.44. The van der Waals surface area contributed by atoms with Crippen LogP contribution in [0.1, 0.15) is 5.56 Å². The molecule has 2 nitrogen and oxygen atoms in total.